The third-order valence-electron chi connectivity index (χ3n) is 6.75. The van der Waals surface area contributed by atoms with Crippen LogP contribution >= 0.6 is 15.6 Å². The van der Waals surface area contributed by atoms with Gasteiger partial charge < -0.3 is 51.2 Å². The van der Waals surface area contributed by atoms with Gasteiger partial charge in [-0.05, 0) is 6.07 Å². The zero-order valence-corrected chi connectivity index (χ0v) is 24.0. The van der Waals surface area contributed by atoms with Gasteiger partial charge >= 0.3 is 15.6 Å². The van der Waals surface area contributed by atoms with E-state index >= 15 is 0 Å². The first-order valence-electron chi connectivity index (χ1n) is 12.6. The van der Waals surface area contributed by atoms with Gasteiger partial charge in [0.15, 0.2) is 36.2 Å². The van der Waals surface area contributed by atoms with Gasteiger partial charge in [0, 0.05) is 6.07 Å². The highest BCUT2D eigenvalue weighted by atomic mass is 31.3. The SMILES string of the molecule is NC(=O)c1ccc[n+]([C@H]2O[C@@H](COP(=O)(O)OP(=O)(O)OC[C@@H]3O[C@H](n4cnc5c(N)ncnc54)[C@H](O)C3O)C(O)[C@H]2O)c1. The summed E-state index contributed by atoms with van der Waals surface area (Å²) >= 11 is 0. The number of rotatable bonds is 11. The molecule has 44 heavy (non-hydrogen) atoms. The molecule has 0 saturated carbocycles. The second kappa shape index (κ2) is 12.4. The highest BCUT2D eigenvalue weighted by Crippen LogP contribution is 2.60. The van der Waals surface area contributed by atoms with Crippen LogP contribution < -0.4 is 16.0 Å². The third-order valence-corrected chi connectivity index (χ3v) is 9.35. The van der Waals surface area contributed by atoms with Crippen LogP contribution in [0.4, 0.5) is 5.82 Å². The van der Waals surface area contributed by atoms with E-state index in [4.69, 9.17) is 25.5 Å². The first-order chi connectivity index (χ1) is 20.7. The number of aromatic nitrogens is 5. The fourth-order valence-electron chi connectivity index (χ4n) is 4.58. The third kappa shape index (κ3) is 6.65. The van der Waals surface area contributed by atoms with E-state index < -0.39 is 83.8 Å². The van der Waals surface area contributed by atoms with E-state index in [-0.39, 0.29) is 22.5 Å². The number of ether oxygens (including phenoxy) is 2. The Kier molecular flexibility index (Phi) is 9.13. The number of aliphatic hydroxyl groups excluding tert-OH is 4. The number of carbonyl (C=O) groups is 1. The monoisotopic (exact) mass is 664 g/mol. The average Bonchev–Trinajstić information content (AvgIpc) is 3.61. The van der Waals surface area contributed by atoms with Crippen molar-refractivity contribution in [3.63, 3.8) is 0 Å². The maximum atomic E-state index is 12.4. The van der Waals surface area contributed by atoms with E-state index in [9.17, 15) is 44.1 Å². The zero-order chi connectivity index (χ0) is 32.0. The number of hydrogen-bond acceptors (Lipinski definition) is 16. The lowest BCUT2D eigenvalue weighted by Gasteiger charge is -2.20. The molecule has 1 amide bonds. The van der Waals surface area contributed by atoms with E-state index in [2.05, 4.69) is 23.8 Å². The van der Waals surface area contributed by atoms with Gasteiger partial charge in [0.1, 0.15) is 47.9 Å². The largest absolute Gasteiger partial charge is 0.481 e. The van der Waals surface area contributed by atoms with Crippen molar-refractivity contribution < 1.29 is 71.5 Å². The van der Waals surface area contributed by atoms with Gasteiger partial charge in [0.05, 0.1) is 19.5 Å². The van der Waals surface area contributed by atoms with E-state index in [1.165, 1.54) is 40.0 Å². The van der Waals surface area contributed by atoms with Crippen molar-refractivity contribution >= 4 is 38.5 Å². The molecule has 2 fully saturated rings. The van der Waals surface area contributed by atoms with Crippen LogP contribution in [0.2, 0.25) is 0 Å². The first-order valence-corrected chi connectivity index (χ1v) is 15.6. The van der Waals surface area contributed by atoms with Crippen LogP contribution in [0.15, 0.2) is 37.2 Å². The molecule has 0 aromatic carbocycles. The fourth-order valence-corrected chi connectivity index (χ4v) is 6.67. The lowest BCUT2D eigenvalue weighted by atomic mass is 10.1. The Morgan fingerprint density at radius 3 is 2.27 bits per heavy atom. The van der Waals surface area contributed by atoms with Crippen molar-refractivity contribution in [3.8, 4) is 0 Å². The Morgan fingerprint density at radius 2 is 1.61 bits per heavy atom. The summed E-state index contributed by atoms with van der Waals surface area (Å²) in [4.78, 5) is 43.3. The Bertz CT molecular complexity index is 1630. The highest BCUT2D eigenvalue weighted by molar-refractivity contribution is 7.61. The van der Waals surface area contributed by atoms with Crippen LogP contribution in [-0.4, -0.2) is 105 Å². The number of fused-ring (bicyclic) bond motifs is 1. The summed E-state index contributed by atoms with van der Waals surface area (Å²) in [5.74, 6) is -0.714. The number of anilines is 1. The van der Waals surface area contributed by atoms with Gasteiger partial charge in [0.25, 0.3) is 12.1 Å². The molecule has 0 spiro atoms. The number of imidazole rings is 1. The van der Waals surface area contributed by atoms with Crippen molar-refractivity contribution in [2.75, 3.05) is 18.9 Å². The number of nitrogens with zero attached hydrogens (tertiary/aromatic N) is 5. The standard InChI is InChI=1S/C21H27N7O14P2/c22-17-12-19(25-7-24-17)28(8-26-12)21-16(32)14(30)11(41-21)6-39-44(36,37)42-43(34,35)38-5-10-13(29)15(31)20(40-10)27-3-1-2-9(4-27)18(23)33/h1-4,7-8,10-11,13-16,20-21,29-32H,5-6H2,(H5-,22,23,24,25,33,34,35,36,37)/p+1/t10-,11-,13?,14?,15+,16+,20-,21-/m0/s1. The predicted octanol–water partition coefficient (Wildman–Crippen LogP) is -3.02. The molecule has 5 heterocycles. The van der Waals surface area contributed by atoms with Crippen LogP contribution in [0.1, 0.15) is 22.8 Å². The van der Waals surface area contributed by atoms with Gasteiger partial charge in [-0.1, -0.05) is 0 Å². The molecule has 3 aromatic heterocycles. The predicted molar refractivity (Wildman–Crippen MR) is 139 cm³/mol. The molecule has 0 bridgehead atoms. The number of pyridine rings is 1. The number of nitrogen functional groups attached to an aromatic ring is 1. The molecule has 21 nitrogen and oxygen atoms in total. The Labute approximate surface area is 246 Å². The Hall–Kier alpha value is -3.01. The van der Waals surface area contributed by atoms with Gasteiger partial charge in [-0.3, -0.25) is 18.4 Å². The molecular weight excluding hydrogens is 636 g/mol. The minimum atomic E-state index is -5.37. The number of phosphoric ester groups is 2. The average molecular weight is 664 g/mol. The molecular formula is C21H28N7O14P2+. The fraction of sp³-hybridized carbons (Fsp3) is 0.476. The summed E-state index contributed by atoms with van der Waals surface area (Å²) in [7, 11) is -10.7. The van der Waals surface area contributed by atoms with Crippen molar-refractivity contribution in [3.05, 3.63) is 42.7 Å². The molecule has 0 radical (unpaired) electrons. The molecule has 0 aliphatic carbocycles. The smallest absolute Gasteiger partial charge is 0.387 e. The molecule has 10 N–H and O–H groups in total. The normalized spacial score (nSPS) is 31.6. The zero-order valence-electron chi connectivity index (χ0n) is 22.2. The van der Waals surface area contributed by atoms with Crippen LogP contribution in [0.5, 0.6) is 0 Å². The molecule has 240 valence electrons. The van der Waals surface area contributed by atoms with E-state index in [0.29, 0.717) is 0 Å². The summed E-state index contributed by atoms with van der Waals surface area (Å²) in [5, 5.41) is 41.6. The van der Waals surface area contributed by atoms with Crippen molar-refractivity contribution in [2.24, 2.45) is 5.73 Å². The number of phosphoric acid groups is 2. The minimum absolute atomic E-state index is 0.0505. The second-order valence-corrected chi connectivity index (χ2v) is 12.7. The van der Waals surface area contributed by atoms with Gasteiger partial charge in [-0.2, -0.15) is 8.88 Å². The maximum Gasteiger partial charge on any atom is 0.481 e. The summed E-state index contributed by atoms with van der Waals surface area (Å²) in [6.45, 7) is -1.80. The quantitative estimate of drug-likeness (QED) is 0.0747. The van der Waals surface area contributed by atoms with Crippen LogP contribution in [0.3, 0.4) is 0 Å². The Morgan fingerprint density at radius 1 is 0.977 bits per heavy atom. The lowest BCUT2D eigenvalue weighted by molar-refractivity contribution is -0.765. The molecule has 2 aliphatic heterocycles. The molecule has 2 saturated heterocycles. The highest BCUT2D eigenvalue weighted by Gasteiger charge is 2.50. The number of amides is 1. The second-order valence-electron chi connectivity index (χ2n) is 9.69. The van der Waals surface area contributed by atoms with E-state index in [1.54, 1.807) is 0 Å². The number of aliphatic hydroxyl groups is 4. The van der Waals surface area contributed by atoms with Gasteiger partial charge in [-0.15, -0.1) is 0 Å². The van der Waals surface area contributed by atoms with Crippen molar-refractivity contribution in [2.45, 2.75) is 49.1 Å². The topological polar surface area (TPSA) is 318 Å². The van der Waals surface area contributed by atoms with Crippen LogP contribution in [0, 0.1) is 0 Å². The number of hydrogen-bond donors (Lipinski definition) is 8. The maximum absolute atomic E-state index is 12.4. The molecule has 4 unspecified atom stereocenters. The summed E-state index contributed by atoms with van der Waals surface area (Å²) in [6.07, 6.45) is -6.85. The number of nitrogens with two attached hydrogens (primary N) is 2. The molecule has 2 aliphatic rings. The first kappa shape index (κ1) is 32.4. The molecule has 23 heteroatoms. The number of primary amides is 1. The summed E-state index contributed by atoms with van der Waals surface area (Å²) in [5.41, 5.74) is 11.4. The Balaban J connectivity index is 1.16. The van der Waals surface area contributed by atoms with Gasteiger partial charge in [-0.25, -0.2) is 24.1 Å². The van der Waals surface area contributed by atoms with Crippen LogP contribution in [0.25, 0.3) is 11.2 Å². The van der Waals surface area contributed by atoms with Crippen LogP contribution in [-0.2, 0) is 32.0 Å². The van der Waals surface area contributed by atoms with Crippen molar-refractivity contribution in [1.29, 1.82) is 0 Å². The molecule has 10 atom stereocenters. The minimum Gasteiger partial charge on any atom is -0.387 e. The van der Waals surface area contributed by atoms with Gasteiger partial charge in [0.2, 0.25) is 0 Å². The lowest BCUT2D eigenvalue weighted by Crippen LogP contribution is -2.46. The summed E-state index contributed by atoms with van der Waals surface area (Å²) in [6, 6.07) is 2.83. The van der Waals surface area contributed by atoms with Crippen molar-refractivity contribution in [1.82, 2.24) is 19.5 Å². The summed E-state index contributed by atoms with van der Waals surface area (Å²) < 4.78 is 52.0. The number of carbonyl (C=O) groups excluding carboxylic acids is 1. The molecule has 3 aromatic rings. The van der Waals surface area contributed by atoms with E-state index in [0.717, 1.165) is 6.33 Å². The molecule has 5 rings (SSSR count). The van der Waals surface area contributed by atoms with E-state index in [1.807, 2.05) is 0 Å².